The van der Waals surface area contributed by atoms with Crippen molar-refractivity contribution in [3.63, 3.8) is 0 Å². The van der Waals surface area contributed by atoms with Gasteiger partial charge in [-0.25, -0.2) is 0 Å². The molecular formula is C17H27ClN2O. The highest BCUT2D eigenvalue weighted by Crippen LogP contribution is 2.25. The van der Waals surface area contributed by atoms with E-state index in [9.17, 15) is 0 Å². The molecule has 2 heterocycles. The molecule has 1 aromatic rings. The van der Waals surface area contributed by atoms with Crippen LogP contribution >= 0.6 is 12.4 Å². The zero-order chi connectivity index (χ0) is 13.8. The summed E-state index contributed by atoms with van der Waals surface area (Å²) in [5.41, 5.74) is 2.88. The van der Waals surface area contributed by atoms with Gasteiger partial charge in [0.25, 0.3) is 0 Å². The lowest BCUT2D eigenvalue weighted by molar-refractivity contribution is 0.123. The molecule has 21 heavy (non-hydrogen) atoms. The molecule has 0 radical (unpaired) electrons. The van der Waals surface area contributed by atoms with Gasteiger partial charge < -0.3 is 10.1 Å². The summed E-state index contributed by atoms with van der Waals surface area (Å²) in [4.78, 5) is 2.65. The molecule has 4 heteroatoms. The number of ether oxygens (including phenoxy) is 1. The second kappa shape index (κ2) is 8.14. The third-order valence-electron chi connectivity index (χ3n) is 4.64. The van der Waals surface area contributed by atoms with E-state index in [-0.39, 0.29) is 12.4 Å². The molecule has 1 N–H and O–H groups in total. The molecule has 0 bridgehead atoms. The Balaban J connectivity index is 0.00000161. The summed E-state index contributed by atoms with van der Waals surface area (Å²) in [6.45, 7) is 8.62. The van der Waals surface area contributed by atoms with Crippen LogP contribution in [0.15, 0.2) is 24.3 Å². The van der Waals surface area contributed by atoms with Crippen LogP contribution in [0.5, 0.6) is 0 Å². The number of benzene rings is 1. The summed E-state index contributed by atoms with van der Waals surface area (Å²) in [5, 5.41) is 3.54. The number of nitrogens with zero attached hydrogens (tertiary/aromatic N) is 1. The van der Waals surface area contributed by atoms with Crippen molar-refractivity contribution in [1.82, 2.24) is 10.2 Å². The molecule has 1 aromatic carbocycles. The number of rotatable bonds is 4. The third-order valence-corrected chi connectivity index (χ3v) is 4.64. The van der Waals surface area contributed by atoms with Gasteiger partial charge in [0.1, 0.15) is 0 Å². The summed E-state index contributed by atoms with van der Waals surface area (Å²) in [6.07, 6.45) is 2.34. The molecule has 0 saturated carbocycles. The third kappa shape index (κ3) is 4.19. The predicted molar refractivity (Wildman–Crippen MR) is 89.2 cm³/mol. The van der Waals surface area contributed by atoms with Crippen LogP contribution in [0.2, 0.25) is 0 Å². The predicted octanol–water partition coefficient (Wildman–Crippen LogP) is 2.65. The molecule has 2 aliphatic rings. The van der Waals surface area contributed by atoms with Crippen molar-refractivity contribution in [1.29, 1.82) is 0 Å². The first-order valence-corrected chi connectivity index (χ1v) is 7.98. The van der Waals surface area contributed by atoms with Gasteiger partial charge in [0.05, 0.1) is 6.61 Å². The van der Waals surface area contributed by atoms with Crippen LogP contribution in [0.1, 0.15) is 30.5 Å². The fourth-order valence-electron chi connectivity index (χ4n) is 3.33. The van der Waals surface area contributed by atoms with Gasteiger partial charge in [-0.1, -0.05) is 31.2 Å². The van der Waals surface area contributed by atoms with E-state index in [1.807, 2.05) is 0 Å². The van der Waals surface area contributed by atoms with E-state index in [1.54, 1.807) is 0 Å². The molecule has 0 amide bonds. The number of nitrogens with one attached hydrogen (secondary N) is 1. The van der Waals surface area contributed by atoms with E-state index < -0.39 is 0 Å². The maximum Gasteiger partial charge on any atom is 0.0507 e. The SMILES string of the molecule is CCc1ccc(C2CNCCN2CC2CCOC2)cc1.Cl. The van der Waals surface area contributed by atoms with Crippen LogP contribution < -0.4 is 5.32 Å². The number of aryl methyl sites for hydroxylation is 1. The lowest BCUT2D eigenvalue weighted by Gasteiger charge is -2.37. The van der Waals surface area contributed by atoms with Gasteiger partial charge in [-0.2, -0.15) is 0 Å². The minimum atomic E-state index is 0. The van der Waals surface area contributed by atoms with Gasteiger partial charge in [0, 0.05) is 38.8 Å². The minimum Gasteiger partial charge on any atom is -0.381 e. The van der Waals surface area contributed by atoms with Crippen LogP contribution in [0, 0.1) is 5.92 Å². The molecule has 3 nitrogen and oxygen atoms in total. The van der Waals surface area contributed by atoms with Crippen LogP contribution in [0.4, 0.5) is 0 Å². The smallest absolute Gasteiger partial charge is 0.0507 e. The van der Waals surface area contributed by atoms with Crippen molar-refractivity contribution in [3.05, 3.63) is 35.4 Å². The highest BCUT2D eigenvalue weighted by atomic mass is 35.5. The van der Waals surface area contributed by atoms with Gasteiger partial charge in [0.2, 0.25) is 0 Å². The molecule has 2 unspecified atom stereocenters. The molecule has 2 fully saturated rings. The van der Waals surface area contributed by atoms with Gasteiger partial charge in [-0.05, 0) is 29.9 Å². The Kier molecular flexibility index (Phi) is 6.49. The Bertz CT molecular complexity index is 417. The largest absolute Gasteiger partial charge is 0.381 e. The summed E-state index contributed by atoms with van der Waals surface area (Å²) >= 11 is 0. The van der Waals surface area contributed by atoms with Crippen LogP contribution in [0.25, 0.3) is 0 Å². The first-order chi connectivity index (χ1) is 9.86. The van der Waals surface area contributed by atoms with Crippen molar-refractivity contribution in [2.75, 3.05) is 39.4 Å². The minimum absolute atomic E-state index is 0. The summed E-state index contributed by atoms with van der Waals surface area (Å²) in [7, 11) is 0. The molecule has 0 aromatic heterocycles. The quantitative estimate of drug-likeness (QED) is 0.925. The Labute approximate surface area is 134 Å². The summed E-state index contributed by atoms with van der Waals surface area (Å²) in [5.74, 6) is 0.727. The van der Waals surface area contributed by atoms with Crippen LogP contribution in [-0.2, 0) is 11.2 Å². The van der Waals surface area contributed by atoms with Crippen LogP contribution in [0.3, 0.4) is 0 Å². The molecule has 3 rings (SSSR count). The first-order valence-electron chi connectivity index (χ1n) is 7.98. The van der Waals surface area contributed by atoms with E-state index in [4.69, 9.17) is 4.74 Å². The van der Waals surface area contributed by atoms with Crippen molar-refractivity contribution < 1.29 is 4.74 Å². The van der Waals surface area contributed by atoms with E-state index in [1.165, 1.54) is 24.1 Å². The van der Waals surface area contributed by atoms with Crippen molar-refractivity contribution in [2.45, 2.75) is 25.8 Å². The number of piperazine rings is 1. The van der Waals surface area contributed by atoms with Gasteiger partial charge in [-0.3, -0.25) is 4.90 Å². The van der Waals surface area contributed by atoms with E-state index in [2.05, 4.69) is 41.4 Å². The van der Waals surface area contributed by atoms with E-state index >= 15 is 0 Å². The monoisotopic (exact) mass is 310 g/mol. The molecule has 2 aliphatic heterocycles. The maximum atomic E-state index is 5.53. The van der Waals surface area contributed by atoms with Gasteiger partial charge >= 0.3 is 0 Å². The Morgan fingerprint density at radius 3 is 2.76 bits per heavy atom. The van der Waals surface area contributed by atoms with Crippen molar-refractivity contribution >= 4 is 12.4 Å². The van der Waals surface area contributed by atoms with Crippen molar-refractivity contribution in [2.24, 2.45) is 5.92 Å². The molecule has 2 atom stereocenters. The molecule has 0 spiro atoms. The average molecular weight is 311 g/mol. The number of hydrogen-bond acceptors (Lipinski definition) is 3. The van der Waals surface area contributed by atoms with Gasteiger partial charge in [-0.15, -0.1) is 12.4 Å². The lowest BCUT2D eigenvalue weighted by atomic mass is 9.99. The fourth-order valence-corrected chi connectivity index (χ4v) is 3.33. The normalized spacial score (nSPS) is 26.5. The standard InChI is InChI=1S/C17H26N2O.ClH/c1-2-14-3-5-16(6-4-14)17-11-18-8-9-19(17)12-15-7-10-20-13-15;/h3-6,15,17-18H,2,7-13H2,1H3;1H. The lowest BCUT2D eigenvalue weighted by Crippen LogP contribution is -2.47. The Morgan fingerprint density at radius 2 is 2.10 bits per heavy atom. The highest BCUT2D eigenvalue weighted by molar-refractivity contribution is 5.85. The summed E-state index contributed by atoms with van der Waals surface area (Å²) < 4.78 is 5.53. The van der Waals surface area contributed by atoms with Gasteiger partial charge in [0.15, 0.2) is 0 Å². The zero-order valence-electron chi connectivity index (χ0n) is 12.9. The zero-order valence-corrected chi connectivity index (χ0v) is 13.7. The number of halogens is 1. The van der Waals surface area contributed by atoms with Crippen molar-refractivity contribution in [3.8, 4) is 0 Å². The second-order valence-corrected chi connectivity index (χ2v) is 6.04. The maximum absolute atomic E-state index is 5.53. The molecule has 0 aliphatic carbocycles. The highest BCUT2D eigenvalue weighted by Gasteiger charge is 2.27. The average Bonchev–Trinajstić information content (AvgIpc) is 3.01. The molecule has 118 valence electrons. The fraction of sp³-hybridized carbons (Fsp3) is 0.647. The van der Waals surface area contributed by atoms with E-state index in [0.717, 1.165) is 45.2 Å². The Morgan fingerprint density at radius 1 is 1.29 bits per heavy atom. The Hall–Kier alpha value is -0.610. The van der Waals surface area contributed by atoms with Crippen LogP contribution in [-0.4, -0.2) is 44.3 Å². The number of hydrogen-bond donors (Lipinski definition) is 1. The summed E-state index contributed by atoms with van der Waals surface area (Å²) in [6, 6.07) is 9.71. The van der Waals surface area contributed by atoms with E-state index in [0.29, 0.717) is 6.04 Å². The topological polar surface area (TPSA) is 24.5 Å². The molecule has 2 saturated heterocycles. The first kappa shape index (κ1) is 16.8. The molecular weight excluding hydrogens is 284 g/mol. The second-order valence-electron chi connectivity index (χ2n) is 6.04.